The molecule has 0 N–H and O–H groups in total. The summed E-state index contributed by atoms with van der Waals surface area (Å²) in [6.07, 6.45) is 1.62. The monoisotopic (exact) mass is 356 g/mol. The molecule has 0 saturated heterocycles. The van der Waals surface area contributed by atoms with Crippen molar-refractivity contribution in [1.29, 1.82) is 0 Å². The Morgan fingerprint density at radius 3 is 2.57 bits per heavy atom. The van der Waals surface area contributed by atoms with Crippen molar-refractivity contribution in [2.24, 2.45) is 0 Å². The summed E-state index contributed by atoms with van der Waals surface area (Å²) in [6, 6.07) is 8.55. The van der Waals surface area contributed by atoms with Crippen LogP contribution in [0.3, 0.4) is 0 Å². The molecule has 1 aromatic carbocycles. The molecule has 0 aliphatic heterocycles. The smallest absolute Gasteiger partial charge is 0.180 e. The predicted molar refractivity (Wildman–Crippen MR) is 96.4 cm³/mol. The third-order valence-corrected chi connectivity index (χ3v) is 6.17. The van der Waals surface area contributed by atoms with Crippen LogP contribution in [-0.4, -0.2) is 20.2 Å². The molecule has 4 nitrogen and oxygen atoms in total. The number of nitrogens with zero attached hydrogens (tertiary/aromatic N) is 4. The minimum atomic E-state index is 0.906. The van der Waals surface area contributed by atoms with Gasteiger partial charge in [-0.15, -0.1) is 21.5 Å². The van der Waals surface area contributed by atoms with Crippen molar-refractivity contribution in [3.05, 3.63) is 46.5 Å². The normalized spacial score (nSPS) is 11.2. The minimum Gasteiger partial charge on any atom is -0.229 e. The van der Waals surface area contributed by atoms with Crippen molar-refractivity contribution in [1.82, 2.24) is 20.2 Å². The van der Waals surface area contributed by atoms with Crippen molar-refractivity contribution < 1.29 is 0 Å². The standard InChI is InChI=1S/C16H12N4S3/c1-9-3-5-11(6-4-9)12-7-21-14-13(12)15(18-8-17-14)23-16-20-19-10(2)22-16/h3-8H,1-2H3. The third-order valence-electron chi connectivity index (χ3n) is 3.39. The fourth-order valence-corrected chi connectivity index (χ4v) is 5.09. The van der Waals surface area contributed by atoms with Gasteiger partial charge < -0.3 is 0 Å². The molecule has 0 bridgehead atoms. The van der Waals surface area contributed by atoms with E-state index in [1.165, 1.54) is 16.7 Å². The van der Waals surface area contributed by atoms with Crippen LogP contribution in [0.25, 0.3) is 21.3 Å². The van der Waals surface area contributed by atoms with Crippen LogP contribution in [0, 0.1) is 13.8 Å². The quantitative estimate of drug-likeness (QED) is 0.485. The van der Waals surface area contributed by atoms with E-state index >= 15 is 0 Å². The molecule has 23 heavy (non-hydrogen) atoms. The van der Waals surface area contributed by atoms with Gasteiger partial charge in [0.25, 0.3) is 0 Å². The summed E-state index contributed by atoms with van der Waals surface area (Å²) in [6.45, 7) is 4.05. The van der Waals surface area contributed by atoms with E-state index in [0.29, 0.717) is 0 Å². The lowest BCUT2D eigenvalue weighted by molar-refractivity contribution is 0.981. The lowest BCUT2D eigenvalue weighted by atomic mass is 10.1. The molecule has 0 aliphatic carbocycles. The number of thiophene rings is 1. The second-order valence-corrected chi connectivity index (χ2v) is 8.34. The molecule has 4 aromatic rings. The fraction of sp³-hybridized carbons (Fsp3) is 0.125. The number of benzene rings is 1. The molecule has 3 aromatic heterocycles. The predicted octanol–water partition coefficient (Wildman–Crippen LogP) is 4.98. The molecule has 0 aliphatic rings. The van der Waals surface area contributed by atoms with Gasteiger partial charge in [-0.2, -0.15) is 0 Å². The van der Waals surface area contributed by atoms with E-state index in [9.17, 15) is 0 Å². The van der Waals surface area contributed by atoms with Crippen LogP contribution in [0.4, 0.5) is 0 Å². The first kappa shape index (κ1) is 14.7. The van der Waals surface area contributed by atoms with E-state index in [1.807, 2.05) is 6.92 Å². The second kappa shape index (κ2) is 5.99. The number of aromatic nitrogens is 4. The number of hydrogen-bond donors (Lipinski definition) is 0. The van der Waals surface area contributed by atoms with Gasteiger partial charge in [-0.1, -0.05) is 41.2 Å². The number of rotatable bonds is 3. The Morgan fingerprint density at radius 2 is 1.83 bits per heavy atom. The topological polar surface area (TPSA) is 51.6 Å². The van der Waals surface area contributed by atoms with E-state index in [-0.39, 0.29) is 0 Å². The average molecular weight is 357 g/mol. The summed E-state index contributed by atoms with van der Waals surface area (Å²) in [4.78, 5) is 9.90. The Labute approximate surface area is 145 Å². The SMILES string of the molecule is Cc1ccc(-c2csc3ncnc(Sc4nnc(C)s4)c23)cc1. The largest absolute Gasteiger partial charge is 0.229 e. The Hall–Kier alpha value is -1.83. The zero-order valence-corrected chi connectivity index (χ0v) is 14.9. The Morgan fingerprint density at radius 1 is 1.00 bits per heavy atom. The highest BCUT2D eigenvalue weighted by Crippen LogP contribution is 2.40. The molecule has 0 radical (unpaired) electrons. The van der Waals surface area contributed by atoms with Crippen LogP contribution >= 0.6 is 34.4 Å². The Bertz CT molecular complexity index is 973. The van der Waals surface area contributed by atoms with Gasteiger partial charge in [0.05, 0.1) is 5.39 Å². The highest BCUT2D eigenvalue weighted by molar-refractivity contribution is 8.01. The van der Waals surface area contributed by atoms with Crippen LogP contribution in [0.15, 0.2) is 45.3 Å². The highest BCUT2D eigenvalue weighted by atomic mass is 32.2. The second-order valence-electron chi connectivity index (χ2n) is 5.06. The Kier molecular flexibility index (Phi) is 3.84. The average Bonchev–Trinajstić information content (AvgIpc) is 3.15. The summed E-state index contributed by atoms with van der Waals surface area (Å²) in [7, 11) is 0. The van der Waals surface area contributed by atoms with Crippen LogP contribution in [0.5, 0.6) is 0 Å². The number of aryl methyl sites for hydroxylation is 2. The number of hydrogen-bond acceptors (Lipinski definition) is 7. The van der Waals surface area contributed by atoms with Crippen molar-refractivity contribution in [2.75, 3.05) is 0 Å². The summed E-state index contributed by atoms with van der Waals surface area (Å²) >= 11 is 4.78. The third kappa shape index (κ3) is 2.87. The van der Waals surface area contributed by atoms with Gasteiger partial charge >= 0.3 is 0 Å². The lowest BCUT2D eigenvalue weighted by Crippen LogP contribution is -1.86. The molecule has 0 atom stereocenters. The molecule has 7 heteroatoms. The summed E-state index contributed by atoms with van der Waals surface area (Å²) in [5, 5.41) is 13.4. The van der Waals surface area contributed by atoms with Gasteiger partial charge in [0, 0.05) is 10.9 Å². The summed E-state index contributed by atoms with van der Waals surface area (Å²) in [5.41, 5.74) is 3.62. The first-order valence-electron chi connectivity index (χ1n) is 6.98. The molecular weight excluding hydrogens is 344 g/mol. The van der Waals surface area contributed by atoms with Crippen LogP contribution in [-0.2, 0) is 0 Å². The summed E-state index contributed by atoms with van der Waals surface area (Å²) < 4.78 is 0.906. The maximum absolute atomic E-state index is 4.48. The fourth-order valence-electron chi connectivity index (χ4n) is 2.27. The van der Waals surface area contributed by atoms with E-state index in [2.05, 4.69) is 56.7 Å². The van der Waals surface area contributed by atoms with Crippen molar-refractivity contribution in [2.45, 2.75) is 23.2 Å². The van der Waals surface area contributed by atoms with Crippen LogP contribution < -0.4 is 0 Å². The van der Waals surface area contributed by atoms with E-state index in [1.54, 1.807) is 40.8 Å². The maximum Gasteiger partial charge on any atom is 0.180 e. The Balaban J connectivity index is 1.84. The molecule has 0 fully saturated rings. The van der Waals surface area contributed by atoms with E-state index in [0.717, 1.165) is 24.6 Å². The number of fused-ring (bicyclic) bond motifs is 1. The molecule has 0 unspecified atom stereocenters. The molecular formula is C16H12N4S3. The van der Waals surface area contributed by atoms with Gasteiger partial charge in [-0.3, -0.25) is 0 Å². The van der Waals surface area contributed by atoms with Crippen molar-refractivity contribution in [3.8, 4) is 11.1 Å². The first-order chi connectivity index (χ1) is 11.2. The molecule has 4 rings (SSSR count). The first-order valence-corrected chi connectivity index (χ1v) is 9.49. The highest BCUT2D eigenvalue weighted by Gasteiger charge is 2.15. The molecule has 114 valence electrons. The molecule has 0 amide bonds. The van der Waals surface area contributed by atoms with E-state index < -0.39 is 0 Å². The van der Waals surface area contributed by atoms with E-state index in [4.69, 9.17) is 0 Å². The van der Waals surface area contributed by atoms with Gasteiger partial charge in [0.2, 0.25) is 0 Å². The van der Waals surface area contributed by atoms with Gasteiger partial charge in [0.15, 0.2) is 4.34 Å². The van der Waals surface area contributed by atoms with Gasteiger partial charge in [-0.25, -0.2) is 9.97 Å². The lowest BCUT2D eigenvalue weighted by Gasteiger charge is -2.04. The molecule has 0 saturated carbocycles. The van der Waals surface area contributed by atoms with Gasteiger partial charge in [-0.05, 0) is 31.2 Å². The zero-order valence-electron chi connectivity index (χ0n) is 12.5. The van der Waals surface area contributed by atoms with Crippen molar-refractivity contribution >= 4 is 44.7 Å². The molecule has 3 heterocycles. The van der Waals surface area contributed by atoms with Gasteiger partial charge in [0.1, 0.15) is 21.2 Å². The summed E-state index contributed by atoms with van der Waals surface area (Å²) in [5.74, 6) is 0. The minimum absolute atomic E-state index is 0.906. The van der Waals surface area contributed by atoms with Crippen LogP contribution in [0.1, 0.15) is 10.6 Å². The maximum atomic E-state index is 4.48. The van der Waals surface area contributed by atoms with Crippen LogP contribution in [0.2, 0.25) is 0 Å². The van der Waals surface area contributed by atoms with Crippen molar-refractivity contribution in [3.63, 3.8) is 0 Å². The zero-order chi connectivity index (χ0) is 15.8. The molecule has 0 spiro atoms.